The number of benzene rings is 1. The van der Waals surface area contributed by atoms with Crippen LogP contribution >= 0.6 is 11.6 Å². The lowest BCUT2D eigenvalue weighted by molar-refractivity contribution is -0.123. The van der Waals surface area contributed by atoms with Crippen molar-refractivity contribution in [1.29, 1.82) is 0 Å². The molecule has 2 N–H and O–H groups in total. The number of hydrogen-bond acceptors (Lipinski definition) is 4. The Morgan fingerprint density at radius 1 is 1.25 bits per heavy atom. The van der Waals surface area contributed by atoms with Crippen molar-refractivity contribution in [2.75, 3.05) is 13.1 Å². The lowest BCUT2D eigenvalue weighted by Crippen LogP contribution is -2.48. The van der Waals surface area contributed by atoms with Crippen LogP contribution in [-0.2, 0) is 14.8 Å². The number of hydrogen-bond donors (Lipinski definition) is 2. The Bertz CT molecular complexity index is 676. The maximum atomic E-state index is 12.3. The molecule has 0 aromatic heterocycles. The van der Waals surface area contributed by atoms with Gasteiger partial charge >= 0.3 is 0 Å². The van der Waals surface area contributed by atoms with Gasteiger partial charge in [0, 0.05) is 30.2 Å². The van der Waals surface area contributed by atoms with Gasteiger partial charge in [0.05, 0.1) is 10.9 Å². The average molecular weight is 374 g/mol. The Morgan fingerprint density at radius 2 is 1.88 bits per heavy atom. The van der Waals surface area contributed by atoms with E-state index in [1.165, 1.54) is 31.2 Å². The van der Waals surface area contributed by atoms with E-state index in [4.69, 9.17) is 11.6 Å². The third-order valence-electron chi connectivity index (χ3n) is 4.15. The zero-order chi connectivity index (χ0) is 17.9. The van der Waals surface area contributed by atoms with Gasteiger partial charge in [-0.15, -0.1) is 0 Å². The summed E-state index contributed by atoms with van der Waals surface area (Å²) >= 11 is 5.76. The molecule has 1 fully saturated rings. The van der Waals surface area contributed by atoms with Crippen LogP contribution in [-0.4, -0.2) is 50.4 Å². The third-order valence-corrected chi connectivity index (χ3v) is 5.95. The van der Waals surface area contributed by atoms with Crippen LogP contribution in [0.4, 0.5) is 0 Å². The van der Waals surface area contributed by atoms with Crippen LogP contribution in [0.25, 0.3) is 0 Å². The molecule has 1 aliphatic rings. The van der Waals surface area contributed by atoms with Gasteiger partial charge in [-0.3, -0.25) is 9.69 Å². The second-order valence-electron chi connectivity index (χ2n) is 6.38. The lowest BCUT2D eigenvalue weighted by atomic mass is 10.2. The third kappa shape index (κ3) is 4.92. The average Bonchev–Trinajstić information content (AvgIpc) is 2.96. The highest BCUT2D eigenvalue weighted by Crippen LogP contribution is 2.15. The molecule has 1 heterocycles. The first kappa shape index (κ1) is 19.2. The molecular formula is C16H24ClN3O3S. The van der Waals surface area contributed by atoms with Crippen molar-refractivity contribution in [3.05, 3.63) is 29.3 Å². The van der Waals surface area contributed by atoms with Crippen LogP contribution in [0.2, 0.25) is 5.02 Å². The summed E-state index contributed by atoms with van der Waals surface area (Å²) < 4.78 is 27.0. The molecular weight excluding hydrogens is 350 g/mol. The lowest BCUT2D eigenvalue weighted by Gasteiger charge is -2.21. The molecule has 134 valence electrons. The van der Waals surface area contributed by atoms with Crippen molar-refractivity contribution in [2.24, 2.45) is 0 Å². The fourth-order valence-electron chi connectivity index (χ4n) is 2.67. The van der Waals surface area contributed by atoms with Crippen molar-refractivity contribution in [3.8, 4) is 0 Å². The first-order valence-electron chi connectivity index (χ1n) is 8.01. The molecule has 1 aromatic carbocycles. The van der Waals surface area contributed by atoms with E-state index in [2.05, 4.69) is 28.8 Å². The van der Waals surface area contributed by atoms with Crippen LogP contribution in [0.3, 0.4) is 0 Å². The molecule has 8 heteroatoms. The van der Waals surface area contributed by atoms with Crippen molar-refractivity contribution in [2.45, 2.75) is 50.2 Å². The van der Waals surface area contributed by atoms with Gasteiger partial charge in [-0.25, -0.2) is 8.42 Å². The fourth-order valence-corrected chi connectivity index (χ4v) is 4.00. The number of rotatable bonds is 6. The van der Waals surface area contributed by atoms with Crippen molar-refractivity contribution in [1.82, 2.24) is 14.9 Å². The van der Waals surface area contributed by atoms with Gasteiger partial charge in [0.1, 0.15) is 0 Å². The van der Waals surface area contributed by atoms with Crippen LogP contribution in [0.1, 0.15) is 27.2 Å². The first-order chi connectivity index (χ1) is 11.2. The summed E-state index contributed by atoms with van der Waals surface area (Å²) in [5, 5.41) is 3.37. The second-order valence-corrected chi connectivity index (χ2v) is 8.53. The molecule has 1 aromatic rings. The minimum Gasteiger partial charge on any atom is -0.351 e. The van der Waals surface area contributed by atoms with Gasteiger partial charge < -0.3 is 5.32 Å². The molecule has 0 saturated carbocycles. The zero-order valence-electron chi connectivity index (χ0n) is 14.1. The van der Waals surface area contributed by atoms with E-state index in [1.807, 2.05) is 0 Å². The standard InChI is InChI=1S/C16H24ClN3O3S/c1-11(2)20-9-8-14(10-20)18-16(21)12(3)19-24(22,23)15-6-4-13(17)5-7-15/h4-7,11-12,14,19H,8-10H2,1-3H3,(H,18,21)/t12-,14?/m0/s1. The van der Waals surface area contributed by atoms with Gasteiger partial charge in [-0.1, -0.05) is 11.6 Å². The van der Waals surface area contributed by atoms with E-state index < -0.39 is 16.1 Å². The van der Waals surface area contributed by atoms with E-state index in [-0.39, 0.29) is 16.8 Å². The molecule has 2 rings (SSSR count). The SMILES string of the molecule is CC(C)N1CCC(NC(=O)[C@H](C)NS(=O)(=O)c2ccc(Cl)cc2)C1. The van der Waals surface area contributed by atoms with E-state index in [0.29, 0.717) is 11.1 Å². The minimum absolute atomic E-state index is 0.0578. The van der Waals surface area contributed by atoms with E-state index in [9.17, 15) is 13.2 Å². The number of sulfonamides is 1. The maximum Gasteiger partial charge on any atom is 0.241 e. The first-order valence-corrected chi connectivity index (χ1v) is 9.87. The smallest absolute Gasteiger partial charge is 0.241 e. The number of nitrogens with zero attached hydrogens (tertiary/aromatic N) is 1. The molecule has 1 amide bonds. The number of likely N-dealkylation sites (tertiary alicyclic amines) is 1. The van der Waals surface area contributed by atoms with Gasteiger partial charge in [0.2, 0.25) is 15.9 Å². The van der Waals surface area contributed by atoms with Gasteiger partial charge in [0.15, 0.2) is 0 Å². The normalized spacial score (nSPS) is 20.3. The summed E-state index contributed by atoms with van der Waals surface area (Å²) in [4.78, 5) is 14.6. The molecule has 6 nitrogen and oxygen atoms in total. The van der Waals surface area contributed by atoms with E-state index in [1.54, 1.807) is 0 Å². The van der Waals surface area contributed by atoms with Crippen LogP contribution in [0, 0.1) is 0 Å². The maximum absolute atomic E-state index is 12.3. The molecule has 24 heavy (non-hydrogen) atoms. The number of carbonyl (C=O) groups is 1. The molecule has 1 unspecified atom stereocenters. The monoisotopic (exact) mass is 373 g/mol. The van der Waals surface area contributed by atoms with Crippen LogP contribution < -0.4 is 10.0 Å². The summed E-state index contributed by atoms with van der Waals surface area (Å²) in [5.41, 5.74) is 0. The molecule has 0 aliphatic carbocycles. The van der Waals surface area contributed by atoms with Crippen LogP contribution in [0.15, 0.2) is 29.2 Å². The topological polar surface area (TPSA) is 78.5 Å². The van der Waals surface area contributed by atoms with Gasteiger partial charge in [-0.05, 0) is 51.5 Å². The van der Waals surface area contributed by atoms with E-state index in [0.717, 1.165) is 19.5 Å². The Hall–Kier alpha value is -1.15. The highest BCUT2D eigenvalue weighted by Gasteiger charge is 2.28. The Morgan fingerprint density at radius 3 is 2.42 bits per heavy atom. The minimum atomic E-state index is -3.76. The Labute approximate surface area is 148 Å². The summed E-state index contributed by atoms with van der Waals surface area (Å²) in [6, 6.07) is 5.47. The van der Waals surface area contributed by atoms with Crippen molar-refractivity contribution in [3.63, 3.8) is 0 Å². The highest BCUT2D eigenvalue weighted by atomic mass is 35.5. The molecule has 0 radical (unpaired) electrons. The fraction of sp³-hybridized carbons (Fsp3) is 0.562. The second kappa shape index (κ2) is 7.82. The van der Waals surface area contributed by atoms with E-state index >= 15 is 0 Å². The van der Waals surface area contributed by atoms with Crippen LogP contribution in [0.5, 0.6) is 0 Å². The van der Waals surface area contributed by atoms with Crippen molar-refractivity contribution >= 4 is 27.5 Å². The Kier molecular flexibility index (Phi) is 6.25. The summed E-state index contributed by atoms with van der Waals surface area (Å²) in [6.45, 7) is 7.51. The largest absolute Gasteiger partial charge is 0.351 e. The summed E-state index contributed by atoms with van der Waals surface area (Å²) in [6.07, 6.45) is 0.876. The predicted octanol–water partition coefficient (Wildman–Crippen LogP) is 1.61. The number of carbonyl (C=O) groups excluding carboxylic acids is 1. The highest BCUT2D eigenvalue weighted by molar-refractivity contribution is 7.89. The molecule has 0 bridgehead atoms. The summed E-state index contributed by atoms with van der Waals surface area (Å²) in [7, 11) is -3.76. The number of amides is 1. The summed E-state index contributed by atoms with van der Waals surface area (Å²) in [5.74, 6) is -0.317. The molecule has 1 saturated heterocycles. The predicted molar refractivity (Wildman–Crippen MR) is 94.5 cm³/mol. The van der Waals surface area contributed by atoms with Gasteiger partial charge in [0.25, 0.3) is 0 Å². The Balaban J connectivity index is 1.93. The number of halogens is 1. The molecule has 2 atom stereocenters. The number of nitrogens with one attached hydrogen (secondary N) is 2. The molecule has 1 aliphatic heterocycles. The zero-order valence-corrected chi connectivity index (χ0v) is 15.7. The molecule has 0 spiro atoms. The quantitative estimate of drug-likeness (QED) is 0.794. The van der Waals surface area contributed by atoms with Gasteiger partial charge in [-0.2, -0.15) is 4.72 Å². The van der Waals surface area contributed by atoms with Crippen molar-refractivity contribution < 1.29 is 13.2 Å².